The van der Waals surface area contributed by atoms with E-state index in [1.165, 1.54) is 12.1 Å². The van der Waals surface area contributed by atoms with Crippen LogP contribution in [0, 0.1) is 5.82 Å². The third-order valence-corrected chi connectivity index (χ3v) is 3.93. The molecular weight excluding hydrogens is 288 g/mol. The van der Waals surface area contributed by atoms with Crippen LogP contribution < -0.4 is 5.73 Å². The van der Waals surface area contributed by atoms with Crippen LogP contribution in [0.3, 0.4) is 0 Å². The molecule has 0 saturated heterocycles. The Bertz CT molecular complexity index is 559. The number of hydrogen-bond donors (Lipinski definition) is 1. The maximum absolute atomic E-state index is 13.7. The molecule has 0 aromatic heterocycles. The molecule has 2 rings (SSSR count). The van der Waals surface area contributed by atoms with E-state index in [1.807, 2.05) is 11.8 Å². The lowest BCUT2D eigenvalue weighted by molar-refractivity contribution is 0.244. The van der Waals surface area contributed by atoms with E-state index in [-0.39, 0.29) is 5.02 Å². The zero-order chi connectivity index (χ0) is 14.2. The molecule has 0 radical (unpaired) electrons. The van der Waals surface area contributed by atoms with E-state index < -0.39 is 11.4 Å². The molecular formula is C13H14Cl2FN3. The molecule has 6 heteroatoms. The second kappa shape index (κ2) is 5.02. The predicted molar refractivity (Wildman–Crippen MR) is 77.2 cm³/mol. The van der Waals surface area contributed by atoms with Gasteiger partial charge in [-0.3, -0.25) is 4.99 Å². The van der Waals surface area contributed by atoms with E-state index in [0.717, 1.165) is 0 Å². The van der Waals surface area contributed by atoms with Crippen LogP contribution in [-0.4, -0.2) is 23.9 Å². The molecule has 3 nitrogen and oxygen atoms in total. The maximum atomic E-state index is 13.7. The van der Waals surface area contributed by atoms with Gasteiger partial charge in [-0.2, -0.15) is 0 Å². The summed E-state index contributed by atoms with van der Waals surface area (Å²) in [5.41, 5.74) is 5.88. The van der Waals surface area contributed by atoms with Crippen LogP contribution in [0.15, 0.2) is 29.8 Å². The van der Waals surface area contributed by atoms with Gasteiger partial charge in [-0.15, -0.1) is 6.58 Å². The fraction of sp³-hybridized carbons (Fsp3) is 0.308. The first-order valence-corrected chi connectivity index (χ1v) is 6.49. The fourth-order valence-corrected chi connectivity index (χ4v) is 2.84. The molecule has 1 heterocycles. The Morgan fingerprint density at radius 2 is 2.21 bits per heavy atom. The summed E-state index contributed by atoms with van der Waals surface area (Å²) in [6.07, 6.45) is 1.71. The molecule has 0 fully saturated rings. The van der Waals surface area contributed by atoms with Gasteiger partial charge in [0.2, 0.25) is 0 Å². The maximum Gasteiger partial charge on any atom is 0.192 e. The Morgan fingerprint density at radius 1 is 1.53 bits per heavy atom. The van der Waals surface area contributed by atoms with E-state index in [1.54, 1.807) is 6.08 Å². The second-order valence-corrected chi connectivity index (χ2v) is 5.41. The zero-order valence-electron chi connectivity index (χ0n) is 10.5. The van der Waals surface area contributed by atoms with Gasteiger partial charge >= 0.3 is 0 Å². The van der Waals surface area contributed by atoms with Crippen LogP contribution in [0.5, 0.6) is 0 Å². The van der Waals surface area contributed by atoms with Gasteiger partial charge in [-0.1, -0.05) is 29.3 Å². The van der Waals surface area contributed by atoms with Crippen molar-refractivity contribution in [3.63, 3.8) is 0 Å². The van der Waals surface area contributed by atoms with E-state index in [9.17, 15) is 4.39 Å². The molecule has 2 N–H and O–H groups in total. The first kappa shape index (κ1) is 14.2. The van der Waals surface area contributed by atoms with Crippen molar-refractivity contribution in [3.05, 3.63) is 46.2 Å². The van der Waals surface area contributed by atoms with Gasteiger partial charge in [0.15, 0.2) is 5.96 Å². The largest absolute Gasteiger partial charge is 0.370 e. The smallest absolute Gasteiger partial charge is 0.192 e. The summed E-state index contributed by atoms with van der Waals surface area (Å²) >= 11 is 11.9. The van der Waals surface area contributed by atoms with Crippen molar-refractivity contribution in [2.24, 2.45) is 10.7 Å². The van der Waals surface area contributed by atoms with Gasteiger partial charge in [0, 0.05) is 17.1 Å². The molecule has 1 unspecified atom stereocenters. The third kappa shape index (κ3) is 2.30. The molecule has 0 aliphatic carbocycles. The average molecular weight is 302 g/mol. The number of halogens is 3. The molecule has 1 aliphatic heterocycles. The lowest BCUT2D eigenvalue weighted by Crippen LogP contribution is -2.47. The van der Waals surface area contributed by atoms with Gasteiger partial charge in [-0.05, 0) is 19.1 Å². The monoisotopic (exact) mass is 301 g/mol. The molecule has 1 aliphatic rings. The van der Waals surface area contributed by atoms with Gasteiger partial charge in [0.05, 0.1) is 17.1 Å². The highest BCUT2D eigenvalue weighted by Crippen LogP contribution is 2.38. The number of hydrogen-bond acceptors (Lipinski definition) is 3. The minimum atomic E-state index is -0.596. The SMILES string of the molecule is C=CCN1C(N)=NCC1(C)c1cc(F)c(Cl)cc1Cl. The lowest BCUT2D eigenvalue weighted by Gasteiger charge is -2.36. The molecule has 19 heavy (non-hydrogen) atoms. The van der Waals surface area contributed by atoms with Crippen molar-refractivity contribution in [1.82, 2.24) is 4.90 Å². The van der Waals surface area contributed by atoms with Gasteiger partial charge < -0.3 is 10.6 Å². The molecule has 102 valence electrons. The number of guanidine groups is 1. The third-order valence-electron chi connectivity index (χ3n) is 3.32. The van der Waals surface area contributed by atoms with Crippen molar-refractivity contribution >= 4 is 29.2 Å². The van der Waals surface area contributed by atoms with Crippen LogP contribution in [0.4, 0.5) is 4.39 Å². The number of nitrogens with two attached hydrogens (primary N) is 1. The summed E-state index contributed by atoms with van der Waals surface area (Å²) < 4.78 is 13.7. The Labute approximate surface area is 121 Å². The summed E-state index contributed by atoms with van der Waals surface area (Å²) in [4.78, 5) is 6.06. The summed E-state index contributed by atoms with van der Waals surface area (Å²) in [7, 11) is 0. The van der Waals surface area contributed by atoms with Crippen LogP contribution in [0.1, 0.15) is 12.5 Å². The predicted octanol–water partition coefficient (Wildman–Crippen LogP) is 3.16. The average Bonchev–Trinajstić information content (AvgIpc) is 2.63. The zero-order valence-corrected chi connectivity index (χ0v) is 12.0. The van der Waals surface area contributed by atoms with Crippen molar-refractivity contribution in [3.8, 4) is 0 Å². The molecule has 0 amide bonds. The summed E-state index contributed by atoms with van der Waals surface area (Å²) in [5, 5.41) is 0.396. The van der Waals surface area contributed by atoms with Crippen LogP contribution in [-0.2, 0) is 5.54 Å². The van der Waals surface area contributed by atoms with Crippen molar-refractivity contribution in [2.45, 2.75) is 12.5 Å². The minimum absolute atomic E-state index is 0.000456. The van der Waals surface area contributed by atoms with Crippen molar-refractivity contribution < 1.29 is 4.39 Å². The normalized spacial score (nSPS) is 22.5. The Balaban J connectivity index is 2.51. The van der Waals surface area contributed by atoms with Gasteiger partial charge in [0.1, 0.15) is 5.82 Å². The molecule has 0 saturated carbocycles. The van der Waals surface area contributed by atoms with E-state index >= 15 is 0 Å². The Kier molecular flexibility index (Phi) is 3.74. The first-order valence-electron chi connectivity index (χ1n) is 5.73. The number of aliphatic imine (C=N–C) groups is 1. The highest BCUT2D eigenvalue weighted by Gasteiger charge is 2.40. The topological polar surface area (TPSA) is 41.6 Å². The first-order chi connectivity index (χ1) is 8.90. The molecule has 1 aromatic rings. The Hall–Kier alpha value is -1.26. The second-order valence-electron chi connectivity index (χ2n) is 4.59. The summed E-state index contributed by atoms with van der Waals surface area (Å²) in [6, 6.07) is 2.74. The van der Waals surface area contributed by atoms with E-state index in [2.05, 4.69) is 11.6 Å². The van der Waals surface area contributed by atoms with Crippen LogP contribution >= 0.6 is 23.2 Å². The van der Waals surface area contributed by atoms with E-state index in [4.69, 9.17) is 28.9 Å². The van der Waals surface area contributed by atoms with Gasteiger partial charge in [0.25, 0.3) is 0 Å². The van der Waals surface area contributed by atoms with E-state index in [0.29, 0.717) is 29.6 Å². The number of benzene rings is 1. The molecule has 0 bridgehead atoms. The standard InChI is InChI=1S/C13H14Cl2FN3/c1-3-4-19-12(17)18-7-13(19,2)8-5-11(16)10(15)6-9(8)14/h3,5-6H,1,4,7H2,2H3,(H2,17,18). The molecule has 1 aromatic carbocycles. The van der Waals surface area contributed by atoms with Gasteiger partial charge in [-0.25, -0.2) is 4.39 Å². The summed E-state index contributed by atoms with van der Waals surface area (Å²) in [6.45, 7) is 6.52. The fourth-order valence-electron chi connectivity index (χ4n) is 2.25. The number of nitrogens with zero attached hydrogens (tertiary/aromatic N) is 2. The highest BCUT2D eigenvalue weighted by atomic mass is 35.5. The van der Waals surface area contributed by atoms with Crippen LogP contribution in [0.25, 0.3) is 0 Å². The molecule has 0 spiro atoms. The van der Waals surface area contributed by atoms with Crippen molar-refractivity contribution in [1.29, 1.82) is 0 Å². The minimum Gasteiger partial charge on any atom is -0.370 e. The van der Waals surface area contributed by atoms with Crippen molar-refractivity contribution in [2.75, 3.05) is 13.1 Å². The Morgan fingerprint density at radius 3 is 2.84 bits per heavy atom. The lowest BCUT2D eigenvalue weighted by atomic mass is 9.91. The van der Waals surface area contributed by atoms with Crippen LogP contribution in [0.2, 0.25) is 10.0 Å². The highest BCUT2D eigenvalue weighted by molar-refractivity contribution is 6.35. The molecule has 1 atom stereocenters. The summed E-state index contributed by atoms with van der Waals surface area (Å²) in [5.74, 6) is -0.111. The quantitative estimate of drug-likeness (QED) is 0.688. The number of rotatable bonds is 3.